The van der Waals surface area contributed by atoms with E-state index in [-0.39, 0.29) is 12.0 Å². The van der Waals surface area contributed by atoms with Crippen LogP contribution in [0.3, 0.4) is 0 Å². The molecule has 5 heteroatoms. The highest BCUT2D eigenvalue weighted by Gasteiger charge is 2.31. The second-order valence-electron chi connectivity index (χ2n) is 4.87. The normalized spacial score (nSPS) is 11.4. The van der Waals surface area contributed by atoms with E-state index in [1.807, 2.05) is 0 Å². The number of carboxylic acids is 1. The standard InChI is InChI=1S/C13H14F2O3/c1-7-4-10(15)8(5-9(7)14)11(16)6-13(2,3)12(17)18/h4-5H,6H2,1-3H3,(H,17,18). The number of aliphatic carboxylic acids is 1. The van der Waals surface area contributed by atoms with Crippen LogP contribution in [0.5, 0.6) is 0 Å². The molecule has 0 fully saturated rings. The van der Waals surface area contributed by atoms with Crippen LogP contribution >= 0.6 is 0 Å². The lowest BCUT2D eigenvalue weighted by molar-refractivity contribution is -0.146. The fraction of sp³-hybridized carbons (Fsp3) is 0.385. The van der Waals surface area contributed by atoms with Gasteiger partial charge in [-0.1, -0.05) is 0 Å². The fourth-order valence-electron chi connectivity index (χ4n) is 1.43. The summed E-state index contributed by atoms with van der Waals surface area (Å²) in [6.07, 6.45) is -0.387. The van der Waals surface area contributed by atoms with Gasteiger partial charge in [-0.15, -0.1) is 0 Å². The summed E-state index contributed by atoms with van der Waals surface area (Å²) in [5, 5.41) is 8.89. The first-order valence-electron chi connectivity index (χ1n) is 5.37. The summed E-state index contributed by atoms with van der Waals surface area (Å²) in [6.45, 7) is 4.10. The molecule has 18 heavy (non-hydrogen) atoms. The molecule has 0 aromatic heterocycles. The van der Waals surface area contributed by atoms with Gasteiger partial charge in [-0.2, -0.15) is 0 Å². The topological polar surface area (TPSA) is 54.4 Å². The molecule has 0 bridgehead atoms. The van der Waals surface area contributed by atoms with E-state index in [4.69, 9.17) is 5.11 Å². The Hall–Kier alpha value is -1.78. The summed E-state index contributed by atoms with van der Waals surface area (Å²) >= 11 is 0. The molecule has 1 N–H and O–H groups in total. The van der Waals surface area contributed by atoms with Gasteiger partial charge in [0.15, 0.2) is 5.78 Å². The Morgan fingerprint density at radius 3 is 2.28 bits per heavy atom. The summed E-state index contributed by atoms with van der Waals surface area (Å²) in [5.74, 6) is -3.41. The van der Waals surface area contributed by atoms with Crippen LogP contribution in [-0.4, -0.2) is 16.9 Å². The number of halogens is 2. The van der Waals surface area contributed by atoms with Crippen LogP contribution in [0.1, 0.15) is 36.2 Å². The van der Waals surface area contributed by atoms with E-state index in [1.165, 1.54) is 20.8 Å². The number of benzene rings is 1. The maximum absolute atomic E-state index is 13.5. The number of ketones is 1. The number of Topliss-reactive ketones (excluding diaryl/α,β-unsaturated/α-hetero) is 1. The van der Waals surface area contributed by atoms with Gasteiger partial charge in [-0.25, -0.2) is 8.78 Å². The van der Waals surface area contributed by atoms with E-state index < -0.39 is 34.4 Å². The highest BCUT2D eigenvalue weighted by molar-refractivity contribution is 5.99. The van der Waals surface area contributed by atoms with Gasteiger partial charge in [0, 0.05) is 6.42 Å². The lowest BCUT2D eigenvalue weighted by atomic mass is 9.85. The number of hydrogen-bond acceptors (Lipinski definition) is 2. The Morgan fingerprint density at radius 1 is 1.22 bits per heavy atom. The Morgan fingerprint density at radius 2 is 1.78 bits per heavy atom. The van der Waals surface area contributed by atoms with Crippen molar-refractivity contribution >= 4 is 11.8 Å². The van der Waals surface area contributed by atoms with E-state index in [2.05, 4.69) is 0 Å². The van der Waals surface area contributed by atoms with Crippen molar-refractivity contribution in [3.63, 3.8) is 0 Å². The second-order valence-corrected chi connectivity index (χ2v) is 4.87. The molecule has 3 nitrogen and oxygen atoms in total. The molecule has 0 aliphatic rings. The maximum Gasteiger partial charge on any atom is 0.309 e. The predicted molar refractivity (Wildman–Crippen MR) is 61.5 cm³/mol. The quantitative estimate of drug-likeness (QED) is 0.842. The number of carboxylic acid groups (broad SMARTS) is 1. The zero-order valence-corrected chi connectivity index (χ0v) is 10.4. The van der Waals surface area contributed by atoms with Gasteiger partial charge in [0.25, 0.3) is 0 Å². The molecule has 0 aliphatic heterocycles. The van der Waals surface area contributed by atoms with E-state index in [0.29, 0.717) is 0 Å². The maximum atomic E-state index is 13.5. The van der Waals surface area contributed by atoms with Gasteiger partial charge in [-0.3, -0.25) is 9.59 Å². The van der Waals surface area contributed by atoms with E-state index >= 15 is 0 Å². The van der Waals surface area contributed by atoms with Crippen molar-refractivity contribution in [1.82, 2.24) is 0 Å². The molecule has 0 spiro atoms. The van der Waals surface area contributed by atoms with Gasteiger partial charge in [0.05, 0.1) is 11.0 Å². The first-order chi connectivity index (χ1) is 8.15. The van der Waals surface area contributed by atoms with Crippen molar-refractivity contribution in [3.8, 4) is 0 Å². The second kappa shape index (κ2) is 4.84. The Balaban J connectivity index is 3.06. The van der Waals surface area contributed by atoms with Crippen molar-refractivity contribution in [1.29, 1.82) is 0 Å². The molecule has 1 aromatic rings. The minimum atomic E-state index is -1.31. The summed E-state index contributed by atoms with van der Waals surface area (Å²) in [4.78, 5) is 22.7. The summed E-state index contributed by atoms with van der Waals surface area (Å²) in [5.41, 5.74) is -1.63. The molecule has 0 saturated carbocycles. The minimum absolute atomic E-state index is 0.0987. The monoisotopic (exact) mass is 256 g/mol. The van der Waals surface area contributed by atoms with Gasteiger partial charge in [-0.05, 0) is 38.5 Å². The van der Waals surface area contributed by atoms with Gasteiger partial charge in [0.2, 0.25) is 0 Å². The molecule has 1 rings (SSSR count). The zero-order chi connectivity index (χ0) is 14.1. The number of carbonyl (C=O) groups is 2. The smallest absolute Gasteiger partial charge is 0.309 e. The highest BCUT2D eigenvalue weighted by Crippen LogP contribution is 2.25. The molecule has 0 atom stereocenters. The first-order valence-corrected chi connectivity index (χ1v) is 5.37. The average Bonchev–Trinajstić information content (AvgIpc) is 2.22. The summed E-state index contributed by atoms with van der Waals surface area (Å²) < 4.78 is 26.8. The molecule has 0 amide bonds. The van der Waals surface area contributed by atoms with Crippen LogP contribution in [0.4, 0.5) is 8.78 Å². The number of hydrogen-bond donors (Lipinski definition) is 1. The van der Waals surface area contributed by atoms with Crippen molar-refractivity contribution in [2.24, 2.45) is 5.41 Å². The summed E-state index contributed by atoms with van der Waals surface area (Å²) in [6, 6.07) is 1.74. The largest absolute Gasteiger partial charge is 0.481 e. The minimum Gasteiger partial charge on any atom is -0.481 e. The number of rotatable bonds is 4. The van der Waals surface area contributed by atoms with Crippen molar-refractivity contribution in [2.45, 2.75) is 27.2 Å². The van der Waals surface area contributed by atoms with Crippen LogP contribution in [0.25, 0.3) is 0 Å². The van der Waals surface area contributed by atoms with Gasteiger partial charge < -0.3 is 5.11 Å². The van der Waals surface area contributed by atoms with E-state index in [0.717, 1.165) is 12.1 Å². The van der Waals surface area contributed by atoms with Crippen LogP contribution in [-0.2, 0) is 4.79 Å². The van der Waals surface area contributed by atoms with Crippen LogP contribution in [0, 0.1) is 24.0 Å². The molecular formula is C13H14F2O3. The first kappa shape index (κ1) is 14.3. The molecule has 0 saturated heterocycles. The van der Waals surface area contributed by atoms with E-state index in [9.17, 15) is 18.4 Å². The van der Waals surface area contributed by atoms with Gasteiger partial charge >= 0.3 is 5.97 Å². The van der Waals surface area contributed by atoms with Gasteiger partial charge in [0.1, 0.15) is 11.6 Å². The van der Waals surface area contributed by atoms with E-state index in [1.54, 1.807) is 0 Å². The molecule has 0 heterocycles. The predicted octanol–water partition coefficient (Wildman–Crippen LogP) is 2.96. The zero-order valence-electron chi connectivity index (χ0n) is 10.4. The molecule has 0 unspecified atom stereocenters. The molecular weight excluding hydrogens is 242 g/mol. The molecule has 0 radical (unpaired) electrons. The van der Waals surface area contributed by atoms with Crippen LogP contribution in [0.15, 0.2) is 12.1 Å². The van der Waals surface area contributed by atoms with Crippen LogP contribution < -0.4 is 0 Å². The Kier molecular flexibility index (Phi) is 3.84. The summed E-state index contributed by atoms with van der Waals surface area (Å²) in [7, 11) is 0. The third-order valence-electron chi connectivity index (χ3n) is 2.73. The number of carbonyl (C=O) groups excluding carboxylic acids is 1. The molecule has 1 aromatic carbocycles. The van der Waals surface area contributed by atoms with Crippen LogP contribution in [0.2, 0.25) is 0 Å². The highest BCUT2D eigenvalue weighted by atomic mass is 19.1. The lowest BCUT2D eigenvalue weighted by Crippen LogP contribution is -2.27. The van der Waals surface area contributed by atoms with Crippen molar-refractivity contribution < 1.29 is 23.5 Å². The Bertz CT molecular complexity index is 507. The lowest BCUT2D eigenvalue weighted by Gasteiger charge is -2.18. The third-order valence-corrected chi connectivity index (χ3v) is 2.73. The van der Waals surface area contributed by atoms with Crippen molar-refractivity contribution in [2.75, 3.05) is 0 Å². The third kappa shape index (κ3) is 2.91. The molecule has 98 valence electrons. The average molecular weight is 256 g/mol. The SMILES string of the molecule is Cc1cc(F)c(C(=O)CC(C)(C)C(=O)O)cc1F. The number of aryl methyl sites for hydroxylation is 1. The Labute approximate surface area is 103 Å². The fourth-order valence-corrected chi connectivity index (χ4v) is 1.43. The molecule has 0 aliphatic carbocycles. The van der Waals surface area contributed by atoms with Crippen molar-refractivity contribution in [3.05, 3.63) is 34.9 Å².